The summed E-state index contributed by atoms with van der Waals surface area (Å²) in [7, 11) is 0. The van der Waals surface area contributed by atoms with E-state index in [1.54, 1.807) is 0 Å². The molecule has 1 saturated carbocycles. The zero-order chi connectivity index (χ0) is 11.3. The molecular weight excluding hydrogens is 196 g/mol. The second-order valence-corrected chi connectivity index (χ2v) is 4.04. The highest BCUT2D eigenvalue weighted by atomic mass is 16.4. The van der Waals surface area contributed by atoms with E-state index in [-0.39, 0.29) is 12.8 Å². The summed E-state index contributed by atoms with van der Waals surface area (Å²) in [6, 6.07) is -0.348. The highest BCUT2D eigenvalue weighted by Gasteiger charge is 2.23. The Balaban J connectivity index is 2.35. The van der Waals surface area contributed by atoms with Crippen molar-refractivity contribution in [2.75, 3.05) is 0 Å². The van der Waals surface area contributed by atoms with Gasteiger partial charge in [-0.15, -0.1) is 0 Å². The molecule has 1 amide bonds. The van der Waals surface area contributed by atoms with Crippen LogP contribution in [0.3, 0.4) is 0 Å². The lowest BCUT2D eigenvalue weighted by atomic mass is 10.1. The van der Waals surface area contributed by atoms with Crippen LogP contribution in [0, 0.1) is 0 Å². The summed E-state index contributed by atoms with van der Waals surface area (Å²) in [6.07, 6.45) is 4.76. The molecule has 5 nitrogen and oxygen atoms in total. The van der Waals surface area contributed by atoms with Gasteiger partial charge in [-0.05, 0) is 19.3 Å². The van der Waals surface area contributed by atoms with Crippen molar-refractivity contribution in [2.24, 2.45) is 5.73 Å². The third-order valence-electron chi connectivity index (χ3n) is 2.77. The summed E-state index contributed by atoms with van der Waals surface area (Å²) in [6.45, 7) is 0. The average Bonchev–Trinajstić information content (AvgIpc) is 2.63. The molecule has 0 radical (unpaired) electrons. The molecule has 1 fully saturated rings. The third kappa shape index (κ3) is 4.29. The summed E-state index contributed by atoms with van der Waals surface area (Å²) in [5.74, 6) is -1.35. The number of primary amides is 1. The molecule has 1 rings (SSSR count). The molecule has 1 aliphatic carbocycles. The van der Waals surface area contributed by atoms with E-state index in [0.717, 1.165) is 25.7 Å². The van der Waals surface area contributed by atoms with E-state index in [2.05, 4.69) is 5.32 Å². The van der Waals surface area contributed by atoms with Crippen molar-refractivity contribution in [1.29, 1.82) is 0 Å². The molecule has 0 saturated heterocycles. The smallest absolute Gasteiger partial charge is 0.320 e. The molecule has 15 heavy (non-hydrogen) atoms. The fourth-order valence-corrected chi connectivity index (χ4v) is 1.94. The van der Waals surface area contributed by atoms with Gasteiger partial charge in [0.25, 0.3) is 0 Å². The zero-order valence-electron chi connectivity index (χ0n) is 8.74. The fourth-order valence-electron chi connectivity index (χ4n) is 1.94. The Labute approximate surface area is 89.0 Å². The van der Waals surface area contributed by atoms with Crippen LogP contribution < -0.4 is 11.1 Å². The first kappa shape index (κ1) is 12.0. The van der Waals surface area contributed by atoms with Gasteiger partial charge in [-0.25, -0.2) is 0 Å². The number of carboxylic acid groups (broad SMARTS) is 1. The van der Waals surface area contributed by atoms with Crippen molar-refractivity contribution < 1.29 is 14.7 Å². The Bertz CT molecular complexity index is 237. The van der Waals surface area contributed by atoms with E-state index in [1.165, 1.54) is 0 Å². The van der Waals surface area contributed by atoms with E-state index in [1.807, 2.05) is 0 Å². The van der Waals surface area contributed by atoms with Crippen LogP contribution in [-0.4, -0.2) is 29.1 Å². The van der Waals surface area contributed by atoms with Crippen LogP contribution in [0.1, 0.15) is 38.5 Å². The molecule has 4 N–H and O–H groups in total. The topological polar surface area (TPSA) is 92.4 Å². The van der Waals surface area contributed by atoms with Crippen LogP contribution in [0.25, 0.3) is 0 Å². The number of nitrogens with one attached hydrogen (secondary N) is 1. The molecule has 0 aromatic rings. The Kier molecular flexibility index (Phi) is 4.55. The van der Waals surface area contributed by atoms with Gasteiger partial charge in [0.15, 0.2) is 0 Å². The predicted molar refractivity (Wildman–Crippen MR) is 55.2 cm³/mol. The average molecular weight is 214 g/mol. The Morgan fingerprint density at radius 2 is 2.00 bits per heavy atom. The maximum absolute atomic E-state index is 10.9. The van der Waals surface area contributed by atoms with Crippen LogP contribution in [0.5, 0.6) is 0 Å². The highest BCUT2D eigenvalue weighted by Crippen LogP contribution is 2.18. The molecule has 1 atom stereocenters. The predicted octanol–water partition coefficient (Wildman–Crippen LogP) is 0.237. The lowest BCUT2D eigenvalue weighted by molar-refractivity contribution is -0.140. The SMILES string of the molecule is NC(=O)CCC(NC1CCCC1)C(=O)O. The standard InChI is InChI=1S/C10H18N2O3/c11-9(13)6-5-8(10(14)15)12-7-3-1-2-4-7/h7-8,12H,1-6H2,(H2,11,13)(H,14,15). The van der Waals surface area contributed by atoms with E-state index in [0.29, 0.717) is 6.04 Å². The summed E-state index contributed by atoms with van der Waals surface area (Å²) < 4.78 is 0. The molecular formula is C10H18N2O3. The zero-order valence-corrected chi connectivity index (χ0v) is 8.74. The molecule has 0 aromatic carbocycles. The fraction of sp³-hybridized carbons (Fsp3) is 0.800. The van der Waals surface area contributed by atoms with E-state index >= 15 is 0 Å². The number of amides is 1. The Morgan fingerprint density at radius 1 is 1.40 bits per heavy atom. The number of rotatable bonds is 6. The van der Waals surface area contributed by atoms with Crippen molar-refractivity contribution in [3.8, 4) is 0 Å². The van der Waals surface area contributed by atoms with Crippen LogP contribution in [-0.2, 0) is 9.59 Å². The van der Waals surface area contributed by atoms with Gasteiger partial charge >= 0.3 is 5.97 Å². The number of hydrogen-bond donors (Lipinski definition) is 3. The van der Waals surface area contributed by atoms with Gasteiger partial charge in [0.1, 0.15) is 6.04 Å². The summed E-state index contributed by atoms with van der Waals surface area (Å²) in [5, 5.41) is 12.0. The summed E-state index contributed by atoms with van der Waals surface area (Å²) >= 11 is 0. The van der Waals surface area contributed by atoms with Gasteiger partial charge in [-0.1, -0.05) is 12.8 Å². The molecule has 5 heteroatoms. The minimum Gasteiger partial charge on any atom is -0.480 e. The van der Waals surface area contributed by atoms with Crippen molar-refractivity contribution in [3.63, 3.8) is 0 Å². The van der Waals surface area contributed by atoms with Crippen molar-refractivity contribution >= 4 is 11.9 Å². The number of hydrogen-bond acceptors (Lipinski definition) is 3. The maximum atomic E-state index is 10.9. The van der Waals surface area contributed by atoms with E-state index < -0.39 is 17.9 Å². The number of carboxylic acids is 1. The monoisotopic (exact) mass is 214 g/mol. The lowest BCUT2D eigenvalue weighted by Gasteiger charge is -2.18. The Hall–Kier alpha value is -1.10. The van der Waals surface area contributed by atoms with Crippen molar-refractivity contribution in [3.05, 3.63) is 0 Å². The first-order valence-electron chi connectivity index (χ1n) is 5.36. The van der Waals surface area contributed by atoms with E-state index in [4.69, 9.17) is 10.8 Å². The number of carbonyl (C=O) groups is 2. The normalized spacial score (nSPS) is 18.9. The van der Waals surface area contributed by atoms with Gasteiger partial charge in [-0.3, -0.25) is 9.59 Å². The molecule has 0 spiro atoms. The van der Waals surface area contributed by atoms with Crippen molar-refractivity contribution in [1.82, 2.24) is 5.32 Å². The van der Waals surface area contributed by atoms with Gasteiger partial charge in [-0.2, -0.15) is 0 Å². The van der Waals surface area contributed by atoms with Gasteiger partial charge in [0, 0.05) is 12.5 Å². The second kappa shape index (κ2) is 5.70. The van der Waals surface area contributed by atoms with Crippen LogP contribution in [0.15, 0.2) is 0 Å². The molecule has 0 bridgehead atoms. The highest BCUT2D eigenvalue weighted by molar-refractivity contribution is 5.77. The minimum absolute atomic E-state index is 0.122. The molecule has 0 aliphatic heterocycles. The van der Waals surface area contributed by atoms with E-state index in [9.17, 15) is 9.59 Å². The number of carbonyl (C=O) groups excluding carboxylic acids is 1. The minimum atomic E-state index is -0.900. The first-order chi connectivity index (χ1) is 7.09. The number of nitrogens with two attached hydrogens (primary N) is 1. The summed E-state index contributed by atoms with van der Waals surface area (Å²) in [4.78, 5) is 21.5. The lowest BCUT2D eigenvalue weighted by Crippen LogP contribution is -2.42. The van der Waals surface area contributed by atoms with Gasteiger partial charge < -0.3 is 16.2 Å². The van der Waals surface area contributed by atoms with Gasteiger partial charge in [0.05, 0.1) is 0 Å². The molecule has 86 valence electrons. The molecule has 1 aliphatic rings. The Morgan fingerprint density at radius 3 is 2.47 bits per heavy atom. The maximum Gasteiger partial charge on any atom is 0.320 e. The molecule has 0 heterocycles. The van der Waals surface area contributed by atoms with Gasteiger partial charge in [0.2, 0.25) is 5.91 Å². The largest absolute Gasteiger partial charge is 0.480 e. The molecule has 1 unspecified atom stereocenters. The molecule has 0 aromatic heterocycles. The van der Waals surface area contributed by atoms with Crippen LogP contribution in [0.4, 0.5) is 0 Å². The van der Waals surface area contributed by atoms with Crippen LogP contribution in [0.2, 0.25) is 0 Å². The second-order valence-electron chi connectivity index (χ2n) is 4.04. The number of aliphatic carboxylic acids is 1. The summed E-state index contributed by atoms with van der Waals surface area (Å²) in [5.41, 5.74) is 4.99. The van der Waals surface area contributed by atoms with Crippen molar-refractivity contribution in [2.45, 2.75) is 50.6 Å². The van der Waals surface area contributed by atoms with Crippen LogP contribution >= 0.6 is 0 Å². The quantitative estimate of drug-likeness (QED) is 0.590. The first-order valence-corrected chi connectivity index (χ1v) is 5.36. The third-order valence-corrected chi connectivity index (χ3v) is 2.77.